The van der Waals surface area contributed by atoms with E-state index in [0.717, 1.165) is 0 Å². The summed E-state index contributed by atoms with van der Waals surface area (Å²) in [6, 6.07) is 6.11. The van der Waals surface area contributed by atoms with Crippen LogP contribution < -0.4 is 14.8 Å². The molecule has 2 aromatic rings. The third-order valence-electron chi connectivity index (χ3n) is 3.48. The van der Waals surface area contributed by atoms with Crippen molar-refractivity contribution in [2.45, 2.75) is 26.9 Å². The molecule has 1 unspecified atom stereocenters. The zero-order valence-electron chi connectivity index (χ0n) is 15.6. The highest BCUT2D eigenvalue weighted by Gasteiger charge is 2.21. The van der Waals surface area contributed by atoms with Crippen LogP contribution in [0.4, 0.5) is 5.82 Å². The predicted octanol–water partition coefficient (Wildman–Crippen LogP) is 4.37. The summed E-state index contributed by atoms with van der Waals surface area (Å²) < 4.78 is 16.2. The number of carbonyl (C=O) groups excluding carboxylic acids is 2. The number of pyridine rings is 1. The number of nitrogens with one attached hydrogen (secondary N) is 1. The molecule has 1 amide bonds. The molecule has 0 bridgehead atoms. The van der Waals surface area contributed by atoms with Gasteiger partial charge in [-0.2, -0.15) is 0 Å². The number of hydrogen-bond acceptors (Lipinski definition) is 6. The van der Waals surface area contributed by atoms with Crippen LogP contribution in [0.1, 0.15) is 31.1 Å². The van der Waals surface area contributed by atoms with Gasteiger partial charge in [0, 0.05) is 6.20 Å². The zero-order valence-corrected chi connectivity index (χ0v) is 17.1. The summed E-state index contributed by atoms with van der Waals surface area (Å²) >= 11 is 11.7. The first-order chi connectivity index (χ1) is 13.3. The van der Waals surface area contributed by atoms with E-state index in [2.05, 4.69) is 10.3 Å². The number of rotatable bonds is 8. The molecule has 2 rings (SSSR count). The number of benzene rings is 1. The summed E-state index contributed by atoms with van der Waals surface area (Å²) in [5, 5.41) is 3.00. The minimum Gasteiger partial charge on any atom is -0.490 e. The van der Waals surface area contributed by atoms with Crippen LogP contribution >= 0.6 is 23.2 Å². The van der Waals surface area contributed by atoms with Crippen LogP contribution in [0, 0.1) is 0 Å². The molecule has 28 heavy (non-hydrogen) atoms. The van der Waals surface area contributed by atoms with Crippen molar-refractivity contribution in [3.63, 3.8) is 0 Å². The predicted molar refractivity (Wildman–Crippen MR) is 107 cm³/mol. The van der Waals surface area contributed by atoms with Crippen molar-refractivity contribution in [3.05, 3.63) is 46.1 Å². The van der Waals surface area contributed by atoms with Gasteiger partial charge in [-0.15, -0.1) is 0 Å². The van der Waals surface area contributed by atoms with Crippen LogP contribution in [-0.2, 0) is 9.53 Å². The van der Waals surface area contributed by atoms with Gasteiger partial charge in [0.15, 0.2) is 23.4 Å². The van der Waals surface area contributed by atoms with Crippen molar-refractivity contribution in [1.29, 1.82) is 0 Å². The summed E-state index contributed by atoms with van der Waals surface area (Å²) in [6.45, 7) is 5.98. The minimum absolute atomic E-state index is 0.124. The van der Waals surface area contributed by atoms with E-state index in [1.54, 1.807) is 6.07 Å². The lowest BCUT2D eigenvalue weighted by atomic mass is 10.2. The van der Waals surface area contributed by atoms with Crippen LogP contribution in [0.2, 0.25) is 10.0 Å². The highest BCUT2D eigenvalue weighted by molar-refractivity contribution is 6.36. The van der Waals surface area contributed by atoms with Crippen LogP contribution in [0.25, 0.3) is 0 Å². The number of carbonyl (C=O) groups is 2. The highest BCUT2D eigenvalue weighted by atomic mass is 35.5. The monoisotopic (exact) mass is 426 g/mol. The van der Waals surface area contributed by atoms with Gasteiger partial charge in [0.1, 0.15) is 0 Å². The van der Waals surface area contributed by atoms with Crippen LogP contribution in [0.5, 0.6) is 11.5 Å². The number of amides is 1. The second-order valence-electron chi connectivity index (χ2n) is 5.55. The number of aromatic nitrogens is 1. The molecule has 1 aromatic carbocycles. The molecule has 0 spiro atoms. The van der Waals surface area contributed by atoms with Gasteiger partial charge in [-0.05, 0) is 45.0 Å². The van der Waals surface area contributed by atoms with Gasteiger partial charge in [0.05, 0.1) is 28.8 Å². The molecule has 0 aliphatic rings. The summed E-state index contributed by atoms with van der Waals surface area (Å²) in [7, 11) is 0. The molecule has 7 nitrogen and oxygen atoms in total. The van der Waals surface area contributed by atoms with Crippen LogP contribution in [0.3, 0.4) is 0 Å². The van der Waals surface area contributed by atoms with E-state index in [-0.39, 0.29) is 16.4 Å². The summed E-state index contributed by atoms with van der Waals surface area (Å²) in [4.78, 5) is 28.6. The molecule has 1 heterocycles. The Hall–Kier alpha value is -2.51. The van der Waals surface area contributed by atoms with Crippen molar-refractivity contribution in [2.75, 3.05) is 18.5 Å². The SMILES string of the molecule is CCOc1ccc(C(=O)OC(C)C(=O)Nc2ncc(Cl)cc2Cl)cc1OCC. The number of ether oxygens (including phenoxy) is 3. The van der Waals surface area contributed by atoms with E-state index in [1.165, 1.54) is 31.3 Å². The number of hydrogen-bond donors (Lipinski definition) is 1. The van der Waals surface area contributed by atoms with Crippen molar-refractivity contribution < 1.29 is 23.8 Å². The molecule has 0 aliphatic carbocycles. The van der Waals surface area contributed by atoms with Crippen molar-refractivity contribution >= 4 is 40.9 Å². The Labute approximate surface area is 172 Å². The first-order valence-corrected chi connectivity index (χ1v) is 9.33. The average Bonchev–Trinajstić information content (AvgIpc) is 2.65. The van der Waals surface area contributed by atoms with E-state index in [9.17, 15) is 9.59 Å². The molecule has 1 atom stereocenters. The van der Waals surface area contributed by atoms with Crippen molar-refractivity contribution in [3.8, 4) is 11.5 Å². The van der Waals surface area contributed by atoms with Gasteiger partial charge in [0.25, 0.3) is 5.91 Å². The minimum atomic E-state index is -1.08. The third-order valence-corrected chi connectivity index (χ3v) is 3.98. The van der Waals surface area contributed by atoms with E-state index in [1.807, 2.05) is 13.8 Å². The van der Waals surface area contributed by atoms with E-state index in [0.29, 0.717) is 29.7 Å². The number of anilines is 1. The highest BCUT2D eigenvalue weighted by Crippen LogP contribution is 2.29. The van der Waals surface area contributed by atoms with Gasteiger partial charge >= 0.3 is 5.97 Å². The molecule has 0 saturated carbocycles. The Morgan fingerprint density at radius 1 is 1.11 bits per heavy atom. The normalized spacial score (nSPS) is 11.5. The third kappa shape index (κ3) is 5.74. The topological polar surface area (TPSA) is 86.8 Å². The smallest absolute Gasteiger partial charge is 0.339 e. The number of esters is 1. The van der Waals surface area contributed by atoms with E-state index < -0.39 is 18.0 Å². The van der Waals surface area contributed by atoms with Crippen LogP contribution in [0.15, 0.2) is 30.5 Å². The molecule has 150 valence electrons. The molecule has 1 aromatic heterocycles. The van der Waals surface area contributed by atoms with Gasteiger partial charge < -0.3 is 19.5 Å². The fourth-order valence-electron chi connectivity index (χ4n) is 2.19. The van der Waals surface area contributed by atoms with Crippen LogP contribution in [-0.4, -0.2) is 36.2 Å². The lowest BCUT2D eigenvalue weighted by Crippen LogP contribution is -2.30. The maximum absolute atomic E-state index is 12.4. The number of halogens is 2. The second kappa shape index (κ2) is 10.1. The van der Waals surface area contributed by atoms with E-state index >= 15 is 0 Å². The van der Waals surface area contributed by atoms with Crippen molar-refractivity contribution in [2.24, 2.45) is 0 Å². The lowest BCUT2D eigenvalue weighted by molar-refractivity contribution is -0.123. The van der Waals surface area contributed by atoms with Gasteiger partial charge in [-0.25, -0.2) is 9.78 Å². The Kier molecular flexibility index (Phi) is 7.90. The molecule has 0 fully saturated rings. The molecule has 9 heteroatoms. The zero-order chi connectivity index (χ0) is 20.7. The first-order valence-electron chi connectivity index (χ1n) is 8.58. The Balaban J connectivity index is 2.06. The molecule has 0 radical (unpaired) electrons. The molecule has 0 saturated heterocycles. The maximum Gasteiger partial charge on any atom is 0.339 e. The first kappa shape index (κ1) is 21.8. The Bertz CT molecular complexity index is 860. The molecule has 1 N–H and O–H groups in total. The average molecular weight is 427 g/mol. The second-order valence-corrected chi connectivity index (χ2v) is 6.39. The largest absolute Gasteiger partial charge is 0.490 e. The Morgan fingerprint density at radius 3 is 2.43 bits per heavy atom. The van der Waals surface area contributed by atoms with Gasteiger partial charge in [-0.1, -0.05) is 23.2 Å². The molecular formula is C19H20Cl2N2O5. The fourth-order valence-corrected chi connectivity index (χ4v) is 2.61. The standard InChI is InChI=1S/C19H20Cl2N2O5/c1-4-26-15-7-6-12(8-16(15)27-5-2)19(25)28-11(3)18(24)23-17-14(21)9-13(20)10-22-17/h6-11H,4-5H2,1-3H3,(H,22,23,24). The Morgan fingerprint density at radius 2 is 1.79 bits per heavy atom. The van der Waals surface area contributed by atoms with E-state index in [4.69, 9.17) is 37.4 Å². The quantitative estimate of drug-likeness (QED) is 0.630. The summed E-state index contributed by atoms with van der Waals surface area (Å²) in [6.07, 6.45) is 0.262. The molecular weight excluding hydrogens is 407 g/mol. The van der Waals surface area contributed by atoms with Gasteiger partial charge in [-0.3, -0.25) is 4.79 Å². The molecule has 0 aliphatic heterocycles. The van der Waals surface area contributed by atoms with Gasteiger partial charge in [0.2, 0.25) is 0 Å². The fraction of sp³-hybridized carbons (Fsp3) is 0.316. The summed E-state index contributed by atoms with van der Waals surface area (Å²) in [5.41, 5.74) is 0.231. The van der Waals surface area contributed by atoms with Crippen molar-refractivity contribution in [1.82, 2.24) is 4.98 Å². The number of nitrogens with zero attached hydrogens (tertiary/aromatic N) is 1. The maximum atomic E-state index is 12.4. The summed E-state index contributed by atoms with van der Waals surface area (Å²) in [5.74, 6) is -0.190. The lowest BCUT2D eigenvalue weighted by Gasteiger charge is -2.15.